The number of carboxylic acids is 1. The lowest BCUT2D eigenvalue weighted by atomic mass is 10.1. The zero-order chi connectivity index (χ0) is 16.1. The third-order valence-corrected chi connectivity index (χ3v) is 3.99. The van der Waals surface area contributed by atoms with Crippen LogP contribution in [0.3, 0.4) is 0 Å². The Morgan fingerprint density at radius 1 is 1.27 bits per heavy atom. The van der Waals surface area contributed by atoms with E-state index >= 15 is 0 Å². The highest BCUT2D eigenvalue weighted by molar-refractivity contribution is 5.78. The van der Waals surface area contributed by atoms with Gasteiger partial charge in [-0.1, -0.05) is 12.1 Å². The summed E-state index contributed by atoms with van der Waals surface area (Å²) in [5, 5.41) is 8.73. The zero-order valence-corrected chi connectivity index (χ0v) is 12.9. The largest absolute Gasteiger partial charge is 0.480 e. The second-order valence-electron chi connectivity index (χ2n) is 5.69. The molecule has 1 aromatic rings. The lowest BCUT2D eigenvalue weighted by Crippen LogP contribution is -2.49. The van der Waals surface area contributed by atoms with Crippen molar-refractivity contribution in [3.8, 4) is 0 Å². The van der Waals surface area contributed by atoms with Crippen LogP contribution in [0.4, 0.5) is 5.69 Å². The molecule has 1 heterocycles. The topological polar surface area (TPSA) is 86.9 Å². The van der Waals surface area contributed by atoms with Gasteiger partial charge in [0.15, 0.2) is 0 Å². The predicted molar refractivity (Wildman–Crippen MR) is 84.8 cm³/mol. The molecule has 1 amide bonds. The van der Waals surface area contributed by atoms with Crippen molar-refractivity contribution in [3.63, 3.8) is 0 Å². The smallest absolute Gasteiger partial charge is 0.320 e. The van der Waals surface area contributed by atoms with Gasteiger partial charge in [0.2, 0.25) is 5.91 Å². The summed E-state index contributed by atoms with van der Waals surface area (Å²) in [5.74, 6) is -1.07. The Kier molecular flexibility index (Phi) is 5.38. The Bertz CT molecular complexity index is 539. The first-order valence-corrected chi connectivity index (χ1v) is 7.55. The Morgan fingerprint density at radius 2 is 1.95 bits per heavy atom. The Hall–Kier alpha value is -2.08. The van der Waals surface area contributed by atoms with Gasteiger partial charge >= 0.3 is 5.97 Å². The van der Waals surface area contributed by atoms with E-state index < -0.39 is 12.0 Å². The summed E-state index contributed by atoms with van der Waals surface area (Å²) >= 11 is 0. The molecule has 1 saturated heterocycles. The van der Waals surface area contributed by atoms with Crippen molar-refractivity contribution >= 4 is 17.6 Å². The quantitative estimate of drug-likeness (QED) is 0.841. The molecule has 0 bridgehead atoms. The molecule has 0 saturated carbocycles. The molecule has 6 heteroatoms. The van der Waals surface area contributed by atoms with Crippen LogP contribution in [0.1, 0.15) is 18.4 Å². The van der Waals surface area contributed by atoms with Crippen molar-refractivity contribution in [3.05, 3.63) is 29.8 Å². The van der Waals surface area contributed by atoms with Crippen molar-refractivity contribution in [2.24, 2.45) is 5.73 Å². The van der Waals surface area contributed by atoms with E-state index in [1.807, 2.05) is 6.07 Å². The molecule has 0 radical (unpaired) electrons. The molecule has 0 unspecified atom stereocenters. The molecule has 6 nitrogen and oxygen atoms in total. The predicted octanol–water partition coefficient (Wildman–Crippen LogP) is 0.836. The van der Waals surface area contributed by atoms with Crippen LogP contribution < -0.4 is 10.6 Å². The summed E-state index contributed by atoms with van der Waals surface area (Å²) in [6.45, 7) is 4.97. The number of nitrogens with two attached hydrogens (primary N) is 1. The van der Waals surface area contributed by atoms with Gasteiger partial charge in [0.1, 0.15) is 6.04 Å². The van der Waals surface area contributed by atoms with Crippen LogP contribution in [-0.4, -0.2) is 54.1 Å². The first kappa shape index (κ1) is 16.3. The first-order chi connectivity index (χ1) is 10.5. The maximum Gasteiger partial charge on any atom is 0.320 e. The van der Waals surface area contributed by atoms with Gasteiger partial charge in [-0.2, -0.15) is 0 Å². The van der Waals surface area contributed by atoms with Gasteiger partial charge in [-0.15, -0.1) is 0 Å². The average Bonchev–Trinajstić information content (AvgIpc) is 2.52. The average molecular weight is 305 g/mol. The summed E-state index contributed by atoms with van der Waals surface area (Å²) in [4.78, 5) is 26.8. The van der Waals surface area contributed by atoms with Crippen LogP contribution in [0, 0.1) is 6.92 Å². The Morgan fingerprint density at radius 3 is 2.55 bits per heavy atom. The lowest BCUT2D eigenvalue weighted by Gasteiger charge is -2.36. The van der Waals surface area contributed by atoms with Crippen LogP contribution in [0.15, 0.2) is 24.3 Å². The molecule has 120 valence electrons. The van der Waals surface area contributed by atoms with E-state index in [4.69, 9.17) is 10.8 Å². The van der Waals surface area contributed by atoms with Crippen LogP contribution in [0.25, 0.3) is 0 Å². The number of carboxylic acid groups (broad SMARTS) is 1. The lowest BCUT2D eigenvalue weighted by molar-refractivity contribution is -0.139. The van der Waals surface area contributed by atoms with Crippen LogP contribution >= 0.6 is 0 Å². The molecule has 0 spiro atoms. The molecule has 22 heavy (non-hydrogen) atoms. The SMILES string of the molecule is Cc1cccc(N2CCN(C(=O)CC[C@H](N)C(=O)O)CC2)c1. The van der Waals surface area contributed by atoms with Crippen molar-refractivity contribution in [1.29, 1.82) is 0 Å². The second-order valence-corrected chi connectivity index (χ2v) is 5.69. The van der Waals surface area contributed by atoms with E-state index in [1.165, 1.54) is 11.3 Å². The van der Waals surface area contributed by atoms with Crippen molar-refractivity contribution in [2.75, 3.05) is 31.1 Å². The van der Waals surface area contributed by atoms with Gasteiger partial charge in [0.05, 0.1) is 0 Å². The Labute approximate surface area is 130 Å². The maximum absolute atomic E-state index is 12.1. The summed E-state index contributed by atoms with van der Waals surface area (Å²) in [5.41, 5.74) is 7.83. The number of aliphatic carboxylic acids is 1. The number of nitrogens with zero attached hydrogens (tertiary/aromatic N) is 2. The number of aryl methyl sites for hydroxylation is 1. The number of amides is 1. The second kappa shape index (κ2) is 7.26. The number of anilines is 1. The summed E-state index contributed by atoms with van der Waals surface area (Å²) in [6, 6.07) is 7.36. The molecule has 1 atom stereocenters. The summed E-state index contributed by atoms with van der Waals surface area (Å²) in [6.07, 6.45) is 0.379. The minimum atomic E-state index is -1.06. The fourth-order valence-electron chi connectivity index (χ4n) is 2.60. The van der Waals surface area contributed by atoms with E-state index in [2.05, 4.69) is 30.0 Å². The van der Waals surface area contributed by atoms with E-state index in [0.29, 0.717) is 13.1 Å². The van der Waals surface area contributed by atoms with Crippen LogP contribution in [0.5, 0.6) is 0 Å². The fraction of sp³-hybridized carbons (Fsp3) is 0.500. The molecular weight excluding hydrogens is 282 g/mol. The highest BCUT2D eigenvalue weighted by Gasteiger charge is 2.22. The van der Waals surface area contributed by atoms with Crippen molar-refractivity contribution in [1.82, 2.24) is 4.90 Å². The van der Waals surface area contributed by atoms with E-state index in [-0.39, 0.29) is 18.7 Å². The van der Waals surface area contributed by atoms with Crippen molar-refractivity contribution in [2.45, 2.75) is 25.8 Å². The number of hydrogen-bond donors (Lipinski definition) is 2. The summed E-state index contributed by atoms with van der Waals surface area (Å²) < 4.78 is 0. The number of benzene rings is 1. The van der Waals surface area contributed by atoms with Gasteiger partial charge in [-0.25, -0.2) is 0 Å². The molecule has 1 fully saturated rings. The number of carbonyl (C=O) groups is 2. The molecule has 0 aliphatic carbocycles. The van der Waals surface area contributed by atoms with Gasteiger partial charge < -0.3 is 20.6 Å². The third kappa shape index (κ3) is 4.21. The number of hydrogen-bond acceptors (Lipinski definition) is 4. The van der Waals surface area contributed by atoms with Crippen LogP contribution in [0.2, 0.25) is 0 Å². The normalized spacial score (nSPS) is 16.5. The monoisotopic (exact) mass is 305 g/mol. The molecule has 0 aromatic heterocycles. The zero-order valence-electron chi connectivity index (χ0n) is 12.9. The van der Waals surface area contributed by atoms with Gasteiger partial charge in [-0.3, -0.25) is 9.59 Å². The van der Waals surface area contributed by atoms with E-state index in [0.717, 1.165) is 13.1 Å². The molecule has 3 N–H and O–H groups in total. The van der Waals surface area contributed by atoms with E-state index in [9.17, 15) is 9.59 Å². The fourth-order valence-corrected chi connectivity index (χ4v) is 2.60. The molecule has 2 rings (SSSR count). The first-order valence-electron chi connectivity index (χ1n) is 7.55. The number of rotatable bonds is 5. The minimum Gasteiger partial charge on any atom is -0.480 e. The van der Waals surface area contributed by atoms with E-state index in [1.54, 1.807) is 4.90 Å². The maximum atomic E-state index is 12.1. The molecule has 1 aliphatic rings. The highest BCUT2D eigenvalue weighted by atomic mass is 16.4. The number of carbonyl (C=O) groups excluding carboxylic acids is 1. The Balaban J connectivity index is 1.81. The molecule has 1 aromatic carbocycles. The minimum absolute atomic E-state index is 0.0133. The molecule has 1 aliphatic heterocycles. The molecular formula is C16H23N3O3. The van der Waals surface area contributed by atoms with Crippen molar-refractivity contribution < 1.29 is 14.7 Å². The number of piperazine rings is 1. The highest BCUT2D eigenvalue weighted by Crippen LogP contribution is 2.18. The third-order valence-electron chi connectivity index (χ3n) is 3.99. The van der Waals surface area contributed by atoms with Crippen LogP contribution in [-0.2, 0) is 9.59 Å². The van der Waals surface area contributed by atoms with Gasteiger partial charge in [-0.05, 0) is 31.0 Å². The van der Waals surface area contributed by atoms with Gasteiger partial charge in [0.25, 0.3) is 0 Å². The summed E-state index contributed by atoms with van der Waals surface area (Å²) in [7, 11) is 0. The standard InChI is InChI=1S/C16H23N3O3/c1-12-3-2-4-13(11-12)18-7-9-19(10-8-18)15(20)6-5-14(17)16(21)22/h2-4,11,14H,5-10,17H2,1H3,(H,21,22)/t14-/m0/s1. The van der Waals surface area contributed by atoms with Gasteiger partial charge in [0, 0.05) is 38.3 Å².